The number of carbonyl (C=O) groups is 1. The van der Waals surface area contributed by atoms with E-state index in [2.05, 4.69) is 37.5 Å². The third-order valence-corrected chi connectivity index (χ3v) is 6.55. The van der Waals surface area contributed by atoms with Crippen LogP contribution in [0.4, 0.5) is 0 Å². The van der Waals surface area contributed by atoms with Gasteiger partial charge in [-0.05, 0) is 61.9 Å². The quantitative estimate of drug-likeness (QED) is 0.370. The van der Waals surface area contributed by atoms with Crippen molar-refractivity contribution in [2.45, 2.75) is 39.5 Å². The molecule has 1 aliphatic carbocycles. The van der Waals surface area contributed by atoms with E-state index in [9.17, 15) is 9.59 Å². The average molecular weight is 474 g/mol. The molecular formula is C26H27N5O4. The second kappa shape index (κ2) is 9.32. The van der Waals surface area contributed by atoms with E-state index in [0.717, 1.165) is 36.0 Å². The number of ether oxygens (including phenoxy) is 2. The predicted molar refractivity (Wildman–Crippen MR) is 131 cm³/mol. The molecule has 1 fully saturated rings. The Labute approximate surface area is 201 Å². The minimum Gasteiger partial charge on any atom is -0.493 e. The number of nitrogens with one attached hydrogen (secondary N) is 2. The number of nitrogens with zero attached hydrogens (tertiary/aromatic N) is 3. The van der Waals surface area contributed by atoms with E-state index in [1.165, 1.54) is 0 Å². The van der Waals surface area contributed by atoms with Crippen molar-refractivity contribution in [3.05, 3.63) is 58.4 Å². The maximum absolute atomic E-state index is 12.6. The van der Waals surface area contributed by atoms with Crippen molar-refractivity contribution in [2.24, 2.45) is 5.41 Å². The Kier molecular flexibility index (Phi) is 6.07. The van der Waals surface area contributed by atoms with E-state index in [1.54, 1.807) is 0 Å². The zero-order valence-electron chi connectivity index (χ0n) is 19.8. The van der Waals surface area contributed by atoms with Crippen LogP contribution < -0.4 is 10.3 Å². The Hall–Kier alpha value is -4.01. The van der Waals surface area contributed by atoms with Gasteiger partial charge in [-0.1, -0.05) is 36.8 Å². The van der Waals surface area contributed by atoms with Crippen LogP contribution in [-0.2, 0) is 16.0 Å². The smallest absolute Gasteiger partial charge is 0.312 e. The highest BCUT2D eigenvalue weighted by molar-refractivity contribution is 5.79. The van der Waals surface area contributed by atoms with Gasteiger partial charge in [0.15, 0.2) is 5.52 Å². The van der Waals surface area contributed by atoms with E-state index < -0.39 is 5.41 Å². The average Bonchev–Trinajstić information content (AvgIpc) is 3.31. The first-order valence-electron chi connectivity index (χ1n) is 11.9. The monoisotopic (exact) mass is 473 g/mol. The van der Waals surface area contributed by atoms with Crippen molar-refractivity contribution in [3.8, 4) is 28.3 Å². The molecule has 0 radical (unpaired) electrons. The SMILES string of the molecule is CCOC(=O)C1(Cc2cccc(-c3ccc(-c4nc5n[nH]nc5c(=O)[nH]4)c(OCC)c3)c2)CCC1. The Morgan fingerprint density at radius 2 is 1.89 bits per heavy atom. The van der Waals surface area contributed by atoms with Crippen LogP contribution in [0.3, 0.4) is 0 Å². The van der Waals surface area contributed by atoms with Crippen LogP contribution in [0.1, 0.15) is 38.7 Å². The minimum atomic E-state index is -0.410. The summed E-state index contributed by atoms with van der Waals surface area (Å²) >= 11 is 0. The summed E-state index contributed by atoms with van der Waals surface area (Å²) in [4.78, 5) is 32.2. The van der Waals surface area contributed by atoms with Gasteiger partial charge in [0.2, 0.25) is 5.65 Å². The molecule has 0 unspecified atom stereocenters. The zero-order chi connectivity index (χ0) is 24.4. The van der Waals surface area contributed by atoms with Crippen molar-refractivity contribution in [1.82, 2.24) is 25.4 Å². The lowest BCUT2D eigenvalue weighted by Crippen LogP contribution is -2.41. The molecule has 2 heterocycles. The van der Waals surface area contributed by atoms with Crippen LogP contribution in [0.5, 0.6) is 5.75 Å². The molecule has 0 atom stereocenters. The number of aromatic nitrogens is 5. The van der Waals surface area contributed by atoms with Crippen molar-refractivity contribution in [1.29, 1.82) is 0 Å². The molecule has 0 aliphatic heterocycles. The Balaban J connectivity index is 1.48. The largest absolute Gasteiger partial charge is 0.493 e. The maximum Gasteiger partial charge on any atom is 0.312 e. The molecule has 9 heteroatoms. The van der Waals surface area contributed by atoms with Gasteiger partial charge in [-0.25, -0.2) is 4.98 Å². The van der Waals surface area contributed by atoms with Crippen LogP contribution in [-0.4, -0.2) is 44.6 Å². The van der Waals surface area contributed by atoms with E-state index in [1.807, 2.05) is 44.2 Å². The van der Waals surface area contributed by atoms with Crippen molar-refractivity contribution < 1.29 is 14.3 Å². The summed E-state index contributed by atoms with van der Waals surface area (Å²) in [5, 5.41) is 10.2. The van der Waals surface area contributed by atoms with Gasteiger partial charge in [-0.2, -0.15) is 5.21 Å². The summed E-state index contributed by atoms with van der Waals surface area (Å²) in [6.45, 7) is 4.60. The molecule has 4 aromatic rings. The van der Waals surface area contributed by atoms with Crippen LogP contribution >= 0.6 is 0 Å². The van der Waals surface area contributed by atoms with Gasteiger partial charge in [0.05, 0.1) is 24.2 Å². The molecule has 35 heavy (non-hydrogen) atoms. The summed E-state index contributed by atoms with van der Waals surface area (Å²) in [6, 6.07) is 14.0. The molecule has 180 valence electrons. The maximum atomic E-state index is 12.6. The van der Waals surface area contributed by atoms with E-state index in [-0.39, 0.29) is 22.7 Å². The number of esters is 1. The van der Waals surface area contributed by atoms with Gasteiger partial charge in [0.25, 0.3) is 5.56 Å². The van der Waals surface area contributed by atoms with Gasteiger partial charge >= 0.3 is 5.97 Å². The standard InChI is InChI=1S/C26H27N5O4/c1-3-34-20-14-18(9-10-19(20)22-27-23-21(24(32)28-22)29-31-30-23)17-8-5-7-16(13-17)15-26(11-6-12-26)25(33)35-4-2/h5,7-10,13-14H,3-4,6,11-12,15H2,1-2H3,(H2,27,28,29,30,31,32). The van der Waals surface area contributed by atoms with E-state index in [0.29, 0.717) is 36.8 Å². The first-order chi connectivity index (χ1) is 17.0. The first kappa shape index (κ1) is 22.8. The highest BCUT2D eigenvalue weighted by Crippen LogP contribution is 2.45. The number of hydrogen-bond acceptors (Lipinski definition) is 7. The Morgan fingerprint density at radius 1 is 1.06 bits per heavy atom. The predicted octanol–water partition coefficient (Wildman–Crippen LogP) is 4.05. The summed E-state index contributed by atoms with van der Waals surface area (Å²) in [5.41, 5.74) is 3.35. The number of carbonyl (C=O) groups excluding carboxylic acids is 1. The zero-order valence-corrected chi connectivity index (χ0v) is 19.8. The third-order valence-electron chi connectivity index (χ3n) is 6.55. The number of hydrogen-bond donors (Lipinski definition) is 2. The van der Waals surface area contributed by atoms with E-state index >= 15 is 0 Å². The lowest BCUT2D eigenvalue weighted by Gasteiger charge is -2.39. The second-order valence-electron chi connectivity index (χ2n) is 8.79. The highest BCUT2D eigenvalue weighted by Gasteiger charge is 2.45. The molecule has 1 aliphatic rings. The molecule has 2 aromatic heterocycles. The molecule has 1 saturated carbocycles. The first-order valence-corrected chi connectivity index (χ1v) is 11.9. The summed E-state index contributed by atoms with van der Waals surface area (Å²) in [6.07, 6.45) is 3.44. The van der Waals surface area contributed by atoms with Gasteiger partial charge in [-0.15, -0.1) is 10.2 Å². The summed E-state index contributed by atoms with van der Waals surface area (Å²) < 4.78 is 11.3. The number of aromatic amines is 2. The summed E-state index contributed by atoms with van der Waals surface area (Å²) in [5.74, 6) is 0.870. The highest BCUT2D eigenvalue weighted by atomic mass is 16.5. The van der Waals surface area contributed by atoms with Gasteiger partial charge in [-0.3, -0.25) is 9.59 Å². The van der Waals surface area contributed by atoms with Crippen LogP contribution in [0.2, 0.25) is 0 Å². The topological polar surface area (TPSA) is 123 Å². The fourth-order valence-corrected chi connectivity index (χ4v) is 4.65. The molecule has 0 spiro atoms. The van der Waals surface area contributed by atoms with Crippen molar-refractivity contribution in [3.63, 3.8) is 0 Å². The number of benzene rings is 2. The van der Waals surface area contributed by atoms with Crippen molar-refractivity contribution >= 4 is 17.1 Å². The third kappa shape index (κ3) is 4.29. The van der Waals surface area contributed by atoms with Crippen LogP contribution in [0, 0.1) is 5.41 Å². The molecule has 0 bridgehead atoms. The number of fused-ring (bicyclic) bond motifs is 1. The minimum absolute atomic E-state index is 0.0924. The fourth-order valence-electron chi connectivity index (χ4n) is 4.65. The number of rotatable bonds is 8. The van der Waals surface area contributed by atoms with Gasteiger partial charge < -0.3 is 14.5 Å². The molecular weight excluding hydrogens is 446 g/mol. The summed E-state index contributed by atoms with van der Waals surface area (Å²) in [7, 11) is 0. The number of H-pyrrole nitrogens is 2. The van der Waals surface area contributed by atoms with Crippen molar-refractivity contribution in [2.75, 3.05) is 13.2 Å². The molecule has 9 nitrogen and oxygen atoms in total. The molecule has 0 amide bonds. The Morgan fingerprint density at radius 3 is 2.63 bits per heavy atom. The molecule has 2 aromatic carbocycles. The molecule has 2 N–H and O–H groups in total. The lowest BCUT2D eigenvalue weighted by atomic mass is 9.65. The fraction of sp³-hybridized carbons (Fsp3) is 0.346. The van der Waals surface area contributed by atoms with Crippen LogP contribution in [0.15, 0.2) is 47.3 Å². The molecule has 5 rings (SSSR count). The second-order valence-corrected chi connectivity index (χ2v) is 8.79. The Bertz CT molecular complexity index is 1440. The van der Waals surface area contributed by atoms with Gasteiger partial charge in [0, 0.05) is 0 Å². The normalized spacial score (nSPS) is 14.5. The van der Waals surface area contributed by atoms with Crippen LogP contribution in [0.25, 0.3) is 33.7 Å². The van der Waals surface area contributed by atoms with E-state index in [4.69, 9.17) is 9.47 Å². The lowest BCUT2D eigenvalue weighted by molar-refractivity contribution is -0.161. The molecule has 0 saturated heterocycles. The van der Waals surface area contributed by atoms with Gasteiger partial charge in [0.1, 0.15) is 11.6 Å².